The van der Waals surface area contributed by atoms with Crippen molar-refractivity contribution in [3.8, 4) is 0 Å². The highest BCUT2D eigenvalue weighted by Crippen LogP contribution is 2.40. The Bertz CT molecular complexity index is 481. The van der Waals surface area contributed by atoms with Crippen LogP contribution in [0.5, 0.6) is 0 Å². The lowest BCUT2D eigenvalue weighted by Gasteiger charge is -2.33. The minimum absolute atomic E-state index is 0.0191. The molecule has 0 N–H and O–H groups in total. The van der Waals surface area contributed by atoms with Crippen LogP contribution in [-0.2, 0) is 10.2 Å². The first-order valence-corrected chi connectivity index (χ1v) is 6.22. The van der Waals surface area contributed by atoms with Crippen molar-refractivity contribution in [2.45, 2.75) is 45.4 Å². The SMILES string of the molecule is Cc1cc2c(c(C(C)C=O)c1)C(C)(C)CC=C2. The Hall–Kier alpha value is -1.37. The van der Waals surface area contributed by atoms with Gasteiger partial charge in [-0.1, -0.05) is 50.6 Å². The van der Waals surface area contributed by atoms with Gasteiger partial charge < -0.3 is 4.79 Å². The van der Waals surface area contributed by atoms with Gasteiger partial charge in [0.2, 0.25) is 0 Å². The van der Waals surface area contributed by atoms with E-state index in [0.717, 1.165) is 12.7 Å². The second kappa shape index (κ2) is 4.14. The highest BCUT2D eigenvalue weighted by atomic mass is 16.1. The van der Waals surface area contributed by atoms with Gasteiger partial charge in [0, 0.05) is 5.92 Å². The maximum Gasteiger partial charge on any atom is 0.127 e. The fourth-order valence-corrected chi connectivity index (χ4v) is 2.77. The summed E-state index contributed by atoms with van der Waals surface area (Å²) in [6, 6.07) is 4.38. The van der Waals surface area contributed by atoms with Gasteiger partial charge in [-0.2, -0.15) is 0 Å². The molecule has 1 heteroatoms. The van der Waals surface area contributed by atoms with E-state index in [-0.39, 0.29) is 11.3 Å². The Labute approximate surface area is 104 Å². The number of benzene rings is 1. The molecular weight excluding hydrogens is 208 g/mol. The maximum atomic E-state index is 11.1. The van der Waals surface area contributed by atoms with E-state index in [9.17, 15) is 4.79 Å². The van der Waals surface area contributed by atoms with Crippen molar-refractivity contribution in [3.05, 3.63) is 40.5 Å². The Kier molecular flexibility index (Phi) is 2.94. The lowest BCUT2D eigenvalue weighted by Crippen LogP contribution is -2.23. The molecule has 1 aliphatic rings. The Morgan fingerprint density at radius 3 is 2.71 bits per heavy atom. The van der Waals surface area contributed by atoms with Crippen molar-refractivity contribution < 1.29 is 4.79 Å². The molecular formula is C16H20O. The molecule has 0 aliphatic heterocycles. The van der Waals surface area contributed by atoms with Crippen LogP contribution >= 0.6 is 0 Å². The van der Waals surface area contributed by atoms with Crippen LogP contribution in [0.25, 0.3) is 6.08 Å². The average Bonchev–Trinajstić information content (AvgIpc) is 2.25. The molecule has 0 bridgehead atoms. The molecule has 0 radical (unpaired) electrons. The van der Waals surface area contributed by atoms with Crippen LogP contribution in [0.2, 0.25) is 0 Å². The molecule has 1 nitrogen and oxygen atoms in total. The Morgan fingerprint density at radius 1 is 1.35 bits per heavy atom. The quantitative estimate of drug-likeness (QED) is 0.699. The van der Waals surface area contributed by atoms with Crippen LogP contribution in [-0.4, -0.2) is 6.29 Å². The van der Waals surface area contributed by atoms with Gasteiger partial charge in [-0.05, 0) is 35.4 Å². The summed E-state index contributed by atoms with van der Waals surface area (Å²) in [6.45, 7) is 8.59. The van der Waals surface area contributed by atoms with Crippen molar-refractivity contribution >= 4 is 12.4 Å². The van der Waals surface area contributed by atoms with E-state index in [1.807, 2.05) is 6.92 Å². The largest absolute Gasteiger partial charge is 0.303 e. The van der Waals surface area contributed by atoms with Crippen LogP contribution < -0.4 is 0 Å². The second-order valence-electron chi connectivity index (χ2n) is 5.73. The van der Waals surface area contributed by atoms with E-state index in [4.69, 9.17) is 0 Å². The fourth-order valence-electron chi connectivity index (χ4n) is 2.77. The van der Waals surface area contributed by atoms with E-state index >= 15 is 0 Å². The molecule has 0 aromatic heterocycles. The van der Waals surface area contributed by atoms with E-state index in [1.54, 1.807) is 0 Å². The third kappa shape index (κ3) is 2.06. The number of hydrogen-bond acceptors (Lipinski definition) is 1. The lowest BCUT2D eigenvalue weighted by molar-refractivity contribution is -0.108. The topological polar surface area (TPSA) is 17.1 Å². The van der Waals surface area contributed by atoms with Gasteiger partial charge in [-0.15, -0.1) is 0 Å². The molecule has 1 aromatic rings. The van der Waals surface area contributed by atoms with Crippen molar-refractivity contribution in [2.75, 3.05) is 0 Å². The predicted molar refractivity (Wildman–Crippen MR) is 72.3 cm³/mol. The first kappa shape index (κ1) is 12.1. The molecule has 0 amide bonds. The van der Waals surface area contributed by atoms with Crippen molar-refractivity contribution in [1.82, 2.24) is 0 Å². The number of fused-ring (bicyclic) bond motifs is 1. The maximum absolute atomic E-state index is 11.1. The van der Waals surface area contributed by atoms with E-state index in [2.05, 4.69) is 45.1 Å². The summed E-state index contributed by atoms with van der Waals surface area (Å²) in [5.41, 5.74) is 5.19. The molecule has 0 spiro atoms. The minimum Gasteiger partial charge on any atom is -0.303 e. The highest BCUT2D eigenvalue weighted by molar-refractivity contribution is 5.69. The number of carbonyl (C=O) groups is 1. The summed E-state index contributed by atoms with van der Waals surface area (Å²) in [7, 11) is 0. The summed E-state index contributed by atoms with van der Waals surface area (Å²) in [5, 5.41) is 0. The van der Waals surface area contributed by atoms with Gasteiger partial charge in [0.05, 0.1) is 0 Å². The van der Waals surface area contributed by atoms with Crippen molar-refractivity contribution in [3.63, 3.8) is 0 Å². The molecule has 2 rings (SSSR count). The molecule has 1 aliphatic carbocycles. The number of carbonyl (C=O) groups excluding carboxylic acids is 1. The third-order valence-corrected chi connectivity index (χ3v) is 3.64. The van der Waals surface area contributed by atoms with Gasteiger partial charge in [-0.25, -0.2) is 0 Å². The third-order valence-electron chi connectivity index (χ3n) is 3.64. The number of hydrogen-bond donors (Lipinski definition) is 0. The molecule has 90 valence electrons. The molecule has 1 aromatic carbocycles. The molecule has 0 fully saturated rings. The number of aldehydes is 1. The monoisotopic (exact) mass is 228 g/mol. The van der Waals surface area contributed by atoms with Crippen LogP contribution in [0.1, 0.15) is 55.4 Å². The zero-order chi connectivity index (χ0) is 12.6. The molecule has 17 heavy (non-hydrogen) atoms. The van der Waals surface area contributed by atoms with Crippen LogP contribution in [0.4, 0.5) is 0 Å². The second-order valence-corrected chi connectivity index (χ2v) is 5.73. The summed E-state index contributed by atoms with van der Waals surface area (Å²) >= 11 is 0. The van der Waals surface area contributed by atoms with Crippen LogP contribution in [0.15, 0.2) is 18.2 Å². The highest BCUT2D eigenvalue weighted by Gasteiger charge is 2.29. The van der Waals surface area contributed by atoms with E-state index < -0.39 is 0 Å². The zero-order valence-corrected chi connectivity index (χ0v) is 11.1. The fraction of sp³-hybridized carbons (Fsp3) is 0.438. The van der Waals surface area contributed by atoms with Crippen LogP contribution in [0.3, 0.4) is 0 Å². The van der Waals surface area contributed by atoms with Crippen LogP contribution in [0, 0.1) is 6.92 Å². The normalized spacial score (nSPS) is 18.6. The minimum atomic E-state index is -0.0191. The standard InChI is InChI=1S/C16H20O/c1-11-8-13-6-5-7-16(3,4)15(13)14(9-11)12(2)10-17/h5-6,8-10,12H,7H2,1-4H3. The van der Waals surface area contributed by atoms with E-state index in [0.29, 0.717) is 0 Å². The molecule has 0 saturated heterocycles. The summed E-state index contributed by atoms with van der Waals surface area (Å²) < 4.78 is 0. The van der Waals surface area contributed by atoms with Gasteiger partial charge >= 0.3 is 0 Å². The average molecular weight is 228 g/mol. The predicted octanol–water partition coefficient (Wildman–Crippen LogP) is 3.99. The van der Waals surface area contributed by atoms with Gasteiger partial charge in [0.1, 0.15) is 6.29 Å². The zero-order valence-electron chi connectivity index (χ0n) is 11.1. The summed E-state index contributed by atoms with van der Waals surface area (Å²) in [5.74, 6) is -0.0191. The number of rotatable bonds is 2. The Balaban J connectivity index is 2.71. The lowest BCUT2D eigenvalue weighted by atomic mass is 9.71. The number of aryl methyl sites for hydroxylation is 1. The van der Waals surface area contributed by atoms with Crippen molar-refractivity contribution in [1.29, 1.82) is 0 Å². The van der Waals surface area contributed by atoms with Crippen molar-refractivity contribution in [2.24, 2.45) is 0 Å². The first-order chi connectivity index (χ1) is 7.95. The molecule has 1 unspecified atom stereocenters. The molecule has 0 saturated carbocycles. The van der Waals surface area contributed by atoms with Gasteiger partial charge in [0.15, 0.2) is 0 Å². The Morgan fingerprint density at radius 2 is 2.06 bits per heavy atom. The van der Waals surface area contributed by atoms with E-state index in [1.165, 1.54) is 22.3 Å². The smallest absolute Gasteiger partial charge is 0.127 e. The molecule has 0 heterocycles. The summed E-state index contributed by atoms with van der Waals surface area (Å²) in [4.78, 5) is 11.1. The van der Waals surface area contributed by atoms with Gasteiger partial charge in [0.25, 0.3) is 0 Å². The number of allylic oxidation sites excluding steroid dienone is 1. The van der Waals surface area contributed by atoms with Gasteiger partial charge in [-0.3, -0.25) is 0 Å². The summed E-state index contributed by atoms with van der Waals surface area (Å²) in [6.07, 6.45) is 6.51. The first-order valence-electron chi connectivity index (χ1n) is 6.22. The molecule has 1 atom stereocenters.